The van der Waals surface area contributed by atoms with Crippen LogP contribution in [0.2, 0.25) is 0 Å². The maximum atomic E-state index is 12.3. The summed E-state index contributed by atoms with van der Waals surface area (Å²) >= 11 is 0. The van der Waals surface area contributed by atoms with Crippen molar-refractivity contribution in [3.8, 4) is 0 Å². The molecule has 0 radical (unpaired) electrons. The quantitative estimate of drug-likeness (QED) is 0.788. The third-order valence-corrected chi connectivity index (χ3v) is 4.03. The maximum absolute atomic E-state index is 12.3. The third-order valence-electron chi connectivity index (χ3n) is 4.03. The van der Waals surface area contributed by atoms with Crippen LogP contribution in [0.25, 0.3) is 0 Å². The molecule has 0 aromatic rings. The van der Waals surface area contributed by atoms with Crippen molar-refractivity contribution in [2.75, 3.05) is 26.9 Å². The second kappa shape index (κ2) is 5.55. The first-order valence-corrected chi connectivity index (χ1v) is 6.81. The van der Waals surface area contributed by atoms with Crippen LogP contribution in [0.5, 0.6) is 0 Å². The molecule has 0 aromatic heterocycles. The van der Waals surface area contributed by atoms with Gasteiger partial charge in [0.1, 0.15) is 5.60 Å². The van der Waals surface area contributed by atoms with Gasteiger partial charge in [-0.2, -0.15) is 0 Å². The summed E-state index contributed by atoms with van der Waals surface area (Å²) in [7, 11) is 1.71. The summed E-state index contributed by atoms with van der Waals surface area (Å²) in [6.45, 7) is 6.06. The van der Waals surface area contributed by atoms with Crippen LogP contribution in [0, 0.1) is 0 Å². The van der Waals surface area contributed by atoms with Crippen LogP contribution in [0.1, 0.15) is 33.1 Å². The van der Waals surface area contributed by atoms with Crippen LogP contribution in [0.3, 0.4) is 0 Å². The van der Waals surface area contributed by atoms with Gasteiger partial charge >= 0.3 is 0 Å². The van der Waals surface area contributed by atoms with E-state index < -0.39 is 0 Å². The van der Waals surface area contributed by atoms with E-state index in [4.69, 9.17) is 9.47 Å². The Balaban J connectivity index is 2.02. The average molecular weight is 256 g/mol. The summed E-state index contributed by atoms with van der Waals surface area (Å²) < 4.78 is 11.0. The lowest BCUT2D eigenvalue weighted by atomic mass is 10.0. The van der Waals surface area contributed by atoms with Gasteiger partial charge in [-0.3, -0.25) is 10.1 Å². The lowest BCUT2D eigenvalue weighted by Gasteiger charge is -2.32. The molecule has 2 aliphatic heterocycles. The molecule has 5 heteroatoms. The van der Waals surface area contributed by atoms with Crippen molar-refractivity contribution in [3.05, 3.63) is 0 Å². The van der Waals surface area contributed by atoms with Crippen LogP contribution in [0.4, 0.5) is 0 Å². The largest absolute Gasteiger partial charge is 0.378 e. The predicted octanol–water partition coefficient (Wildman–Crippen LogP) is 0.738. The number of nitrogens with zero attached hydrogens (tertiary/aromatic N) is 1. The van der Waals surface area contributed by atoms with E-state index in [0.717, 1.165) is 25.9 Å². The number of hydrogen-bond acceptors (Lipinski definition) is 4. The van der Waals surface area contributed by atoms with Crippen LogP contribution < -0.4 is 5.32 Å². The molecule has 2 rings (SSSR count). The fourth-order valence-corrected chi connectivity index (χ4v) is 2.80. The first-order valence-electron chi connectivity index (χ1n) is 6.81. The smallest absolute Gasteiger partial charge is 0.241 e. The van der Waals surface area contributed by atoms with Gasteiger partial charge < -0.3 is 14.4 Å². The van der Waals surface area contributed by atoms with Gasteiger partial charge in [0.2, 0.25) is 5.91 Å². The molecule has 0 aromatic carbocycles. The van der Waals surface area contributed by atoms with E-state index in [1.54, 1.807) is 7.11 Å². The van der Waals surface area contributed by atoms with Gasteiger partial charge in [0.25, 0.3) is 0 Å². The number of methoxy groups -OCH3 is 1. The number of rotatable bonds is 5. The summed E-state index contributed by atoms with van der Waals surface area (Å²) in [4.78, 5) is 14.2. The van der Waals surface area contributed by atoms with Crippen LogP contribution in [-0.2, 0) is 14.3 Å². The van der Waals surface area contributed by atoms with Crippen LogP contribution >= 0.6 is 0 Å². The van der Waals surface area contributed by atoms with Gasteiger partial charge in [0, 0.05) is 20.1 Å². The minimum atomic E-state index is -0.313. The Morgan fingerprint density at radius 1 is 1.61 bits per heavy atom. The topological polar surface area (TPSA) is 50.8 Å². The highest BCUT2D eigenvalue weighted by atomic mass is 16.5. The highest BCUT2D eigenvalue weighted by molar-refractivity contribution is 5.84. The molecule has 0 bridgehead atoms. The Hall–Kier alpha value is -0.650. The van der Waals surface area contributed by atoms with Crippen molar-refractivity contribution in [2.45, 2.75) is 50.9 Å². The molecule has 2 heterocycles. The normalized spacial score (nSPS) is 36.6. The second-order valence-electron chi connectivity index (χ2n) is 5.34. The zero-order valence-electron chi connectivity index (χ0n) is 11.6. The molecular weight excluding hydrogens is 232 g/mol. The van der Waals surface area contributed by atoms with E-state index in [1.807, 2.05) is 11.8 Å². The van der Waals surface area contributed by atoms with Crippen molar-refractivity contribution in [1.29, 1.82) is 0 Å². The summed E-state index contributed by atoms with van der Waals surface area (Å²) in [6, 6.07) is -0.0266. The Labute approximate surface area is 109 Å². The Bertz CT molecular complexity index is 303. The summed E-state index contributed by atoms with van der Waals surface area (Å²) in [6.07, 6.45) is 2.86. The van der Waals surface area contributed by atoms with E-state index in [9.17, 15) is 4.79 Å². The molecule has 0 aliphatic carbocycles. The van der Waals surface area contributed by atoms with E-state index in [2.05, 4.69) is 12.2 Å². The van der Waals surface area contributed by atoms with Crippen molar-refractivity contribution < 1.29 is 14.3 Å². The van der Waals surface area contributed by atoms with Gasteiger partial charge in [-0.25, -0.2) is 0 Å². The van der Waals surface area contributed by atoms with Crippen LogP contribution in [0.15, 0.2) is 0 Å². The molecular formula is C13H24N2O3. The van der Waals surface area contributed by atoms with Gasteiger partial charge in [-0.15, -0.1) is 0 Å². The third kappa shape index (κ3) is 2.53. The predicted molar refractivity (Wildman–Crippen MR) is 68.2 cm³/mol. The van der Waals surface area contributed by atoms with Gasteiger partial charge in [-0.1, -0.05) is 13.3 Å². The first kappa shape index (κ1) is 13.8. The number of carbonyl (C=O) groups excluding carboxylic acids is 1. The molecule has 3 atom stereocenters. The van der Waals surface area contributed by atoms with Crippen LogP contribution in [-0.4, -0.2) is 55.5 Å². The highest BCUT2D eigenvalue weighted by Gasteiger charge is 2.43. The molecule has 0 saturated carbocycles. The minimum absolute atomic E-state index is 0.0266. The molecule has 1 amide bonds. The lowest BCUT2D eigenvalue weighted by Crippen LogP contribution is -2.49. The molecule has 2 saturated heterocycles. The molecule has 2 aliphatic rings. The number of ether oxygens (including phenoxy) is 2. The van der Waals surface area contributed by atoms with Gasteiger partial charge in [0.05, 0.1) is 25.4 Å². The van der Waals surface area contributed by atoms with Crippen molar-refractivity contribution >= 4 is 5.91 Å². The molecule has 0 spiro atoms. The standard InChI is InChI=1S/C13H24N2O3/c1-4-5-11-12(16)15(10(2)14-11)8-13(17-3)6-7-18-9-13/h10-11,14H,4-9H2,1-3H3. The fourth-order valence-electron chi connectivity index (χ4n) is 2.80. The minimum Gasteiger partial charge on any atom is -0.378 e. The summed E-state index contributed by atoms with van der Waals surface area (Å²) in [5.41, 5.74) is -0.313. The van der Waals surface area contributed by atoms with Crippen molar-refractivity contribution in [1.82, 2.24) is 10.2 Å². The van der Waals surface area contributed by atoms with Gasteiger partial charge in [0.15, 0.2) is 0 Å². The molecule has 3 unspecified atom stereocenters. The number of hydrogen-bond donors (Lipinski definition) is 1. The molecule has 1 N–H and O–H groups in total. The molecule has 18 heavy (non-hydrogen) atoms. The second-order valence-corrected chi connectivity index (χ2v) is 5.34. The van der Waals surface area contributed by atoms with E-state index in [1.165, 1.54) is 0 Å². The average Bonchev–Trinajstić information content (AvgIpc) is 2.92. The molecule has 2 fully saturated rings. The first-order chi connectivity index (χ1) is 8.62. The Kier molecular flexibility index (Phi) is 4.25. The maximum Gasteiger partial charge on any atom is 0.241 e. The number of nitrogens with one attached hydrogen (secondary N) is 1. The number of amides is 1. The zero-order chi connectivity index (χ0) is 13.2. The monoisotopic (exact) mass is 256 g/mol. The summed E-state index contributed by atoms with van der Waals surface area (Å²) in [5.74, 6) is 0.202. The fraction of sp³-hybridized carbons (Fsp3) is 0.923. The van der Waals surface area contributed by atoms with E-state index >= 15 is 0 Å². The lowest BCUT2D eigenvalue weighted by molar-refractivity contribution is -0.134. The number of carbonyl (C=O) groups is 1. The Morgan fingerprint density at radius 3 is 2.94 bits per heavy atom. The summed E-state index contributed by atoms with van der Waals surface area (Å²) in [5, 5.41) is 3.35. The molecule has 5 nitrogen and oxygen atoms in total. The highest BCUT2D eigenvalue weighted by Crippen LogP contribution is 2.26. The molecule has 104 valence electrons. The van der Waals surface area contributed by atoms with E-state index in [-0.39, 0.29) is 23.7 Å². The van der Waals surface area contributed by atoms with Crippen molar-refractivity contribution in [2.24, 2.45) is 0 Å². The zero-order valence-corrected chi connectivity index (χ0v) is 11.6. The van der Waals surface area contributed by atoms with Crippen molar-refractivity contribution in [3.63, 3.8) is 0 Å². The SMILES string of the molecule is CCCC1NC(C)N(CC2(OC)CCOC2)C1=O. The van der Waals surface area contributed by atoms with E-state index in [0.29, 0.717) is 13.2 Å². The van der Waals surface area contributed by atoms with Gasteiger partial charge in [-0.05, 0) is 13.3 Å². The Morgan fingerprint density at radius 2 is 2.39 bits per heavy atom.